The summed E-state index contributed by atoms with van der Waals surface area (Å²) in [6, 6.07) is 18.9. The van der Waals surface area contributed by atoms with Gasteiger partial charge in [-0.2, -0.15) is 5.26 Å². The molecule has 1 N–H and O–H groups in total. The number of aromatic nitrogens is 2. The Hall–Kier alpha value is -2.88. The third-order valence-corrected chi connectivity index (χ3v) is 7.18. The van der Waals surface area contributed by atoms with Gasteiger partial charge in [0.25, 0.3) is 0 Å². The van der Waals surface area contributed by atoms with Gasteiger partial charge < -0.3 is 19.7 Å². The first-order valence-corrected chi connectivity index (χ1v) is 12.4. The highest BCUT2D eigenvalue weighted by atomic mass is 15.2. The summed E-state index contributed by atoms with van der Waals surface area (Å²) in [6.07, 6.45) is 6.45. The van der Waals surface area contributed by atoms with Crippen LogP contribution < -0.4 is 5.32 Å². The smallest absolute Gasteiger partial charge is 0.204 e. The summed E-state index contributed by atoms with van der Waals surface area (Å²) in [5.74, 6) is 0.951. The van der Waals surface area contributed by atoms with Crippen LogP contribution in [0.15, 0.2) is 48.5 Å². The molecule has 2 aliphatic rings. The van der Waals surface area contributed by atoms with Gasteiger partial charge in [-0.3, -0.25) is 0 Å². The molecule has 2 aromatic carbocycles. The minimum absolute atomic E-state index is 0.452. The van der Waals surface area contributed by atoms with Gasteiger partial charge in [-0.1, -0.05) is 30.7 Å². The third kappa shape index (κ3) is 5.38. The quantitative estimate of drug-likeness (QED) is 0.591. The summed E-state index contributed by atoms with van der Waals surface area (Å²) in [4.78, 5) is 10.2. The Kier molecular flexibility index (Phi) is 6.89. The van der Waals surface area contributed by atoms with Gasteiger partial charge >= 0.3 is 0 Å². The molecule has 0 atom stereocenters. The maximum atomic E-state index is 9.09. The number of nitrogens with one attached hydrogen (secondary N) is 1. The lowest BCUT2D eigenvalue weighted by Crippen LogP contribution is -2.43. The van der Waals surface area contributed by atoms with Crippen molar-refractivity contribution in [2.24, 2.45) is 0 Å². The van der Waals surface area contributed by atoms with E-state index in [1.165, 1.54) is 51.0 Å². The van der Waals surface area contributed by atoms with Gasteiger partial charge in [0, 0.05) is 32.2 Å². The number of rotatable bonds is 7. The van der Waals surface area contributed by atoms with Gasteiger partial charge in [-0.25, -0.2) is 4.98 Å². The second kappa shape index (κ2) is 10.4. The molecular formula is C27H34N6. The van der Waals surface area contributed by atoms with Crippen molar-refractivity contribution in [3.8, 4) is 6.07 Å². The fourth-order valence-electron chi connectivity index (χ4n) is 5.16. The number of benzene rings is 2. The highest BCUT2D eigenvalue weighted by Crippen LogP contribution is 2.24. The van der Waals surface area contributed by atoms with Crippen LogP contribution in [0.2, 0.25) is 0 Å². The average molecular weight is 443 g/mol. The highest BCUT2D eigenvalue weighted by molar-refractivity contribution is 5.78. The Morgan fingerprint density at radius 3 is 2.30 bits per heavy atom. The first-order chi connectivity index (χ1) is 16.3. The third-order valence-electron chi connectivity index (χ3n) is 7.18. The Morgan fingerprint density at radius 1 is 0.879 bits per heavy atom. The molecule has 6 nitrogen and oxygen atoms in total. The normalized spacial score (nSPS) is 18.4. The van der Waals surface area contributed by atoms with Gasteiger partial charge in [0.15, 0.2) is 0 Å². The fraction of sp³-hybridized carbons (Fsp3) is 0.481. The summed E-state index contributed by atoms with van der Waals surface area (Å²) < 4.78 is 2.28. The minimum Gasteiger partial charge on any atom is -0.353 e. The number of nitriles is 1. The fourth-order valence-corrected chi connectivity index (χ4v) is 5.16. The molecule has 5 rings (SSSR count). The predicted molar refractivity (Wildman–Crippen MR) is 133 cm³/mol. The molecule has 2 fully saturated rings. The van der Waals surface area contributed by atoms with Crippen LogP contribution in [0.3, 0.4) is 0 Å². The van der Waals surface area contributed by atoms with Crippen LogP contribution in [0, 0.1) is 11.3 Å². The lowest BCUT2D eigenvalue weighted by Gasteiger charge is -2.35. The van der Waals surface area contributed by atoms with Crippen LogP contribution in [0.1, 0.15) is 43.2 Å². The summed E-state index contributed by atoms with van der Waals surface area (Å²) in [5, 5.41) is 12.9. The summed E-state index contributed by atoms with van der Waals surface area (Å²) in [5.41, 5.74) is 4.03. The van der Waals surface area contributed by atoms with E-state index in [0.29, 0.717) is 11.6 Å². The topological polar surface area (TPSA) is 60.1 Å². The SMILES string of the molecule is N#Cc1ccc(Cn2c(NC3CCN(CCN4CCCCC4)CC3)nc3ccccc32)cc1. The van der Waals surface area contributed by atoms with Gasteiger partial charge in [0.1, 0.15) is 0 Å². The number of imidazole rings is 1. The number of para-hydroxylation sites is 2. The number of anilines is 1. The second-order valence-electron chi connectivity index (χ2n) is 9.48. The lowest BCUT2D eigenvalue weighted by molar-refractivity contribution is 0.162. The van der Waals surface area contributed by atoms with Crippen molar-refractivity contribution < 1.29 is 0 Å². The van der Waals surface area contributed by atoms with Crippen LogP contribution in [-0.4, -0.2) is 64.7 Å². The lowest BCUT2D eigenvalue weighted by atomic mass is 10.1. The first-order valence-electron chi connectivity index (χ1n) is 12.4. The molecule has 172 valence electrons. The summed E-state index contributed by atoms with van der Waals surface area (Å²) in [7, 11) is 0. The molecule has 0 bridgehead atoms. The molecule has 0 radical (unpaired) electrons. The van der Waals surface area contributed by atoms with Crippen molar-refractivity contribution in [1.82, 2.24) is 19.4 Å². The molecule has 3 heterocycles. The van der Waals surface area contributed by atoms with E-state index in [4.69, 9.17) is 10.2 Å². The molecule has 0 amide bonds. The van der Waals surface area contributed by atoms with E-state index in [0.717, 1.165) is 49.5 Å². The number of fused-ring (bicyclic) bond motifs is 1. The van der Waals surface area contributed by atoms with Gasteiger partial charge in [0.2, 0.25) is 5.95 Å². The summed E-state index contributed by atoms with van der Waals surface area (Å²) in [6.45, 7) is 8.04. The van der Waals surface area contributed by atoms with Crippen LogP contribution >= 0.6 is 0 Å². The second-order valence-corrected chi connectivity index (χ2v) is 9.48. The number of hydrogen-bond donors (Lipinski definition) is 1. The molecule has 3 aromatic rings. The maximum Gasteiger partial charge on any atom is 0.204 e. The molecule has 0 aliphatic carbocycles. The van der Waals surface area contributed by atoms with Crippen LogP contribution in [0.4, 0.5) is 5.95 Å². The van der Waals surface area contributed by atoms with E-state index in [-0.39, 0.29) is 0 Å². The molecule has 0 spiro atoms. The predicted octanol–water partition coefficient (Wildman–Crippen LogP) is 4.32. The van der Waals surface area contributed by atoms with E-state index in [2.05, 4.69) is 44.0 Å². The largest absolute Gasteiger partial charge is 0.353 e. The molecule has 6 heteroatoms. The first kappa shape index (κ1) is 21.9. The van der Waals surface area contributed by atoms with E-state index < -0.39 is 0 Å². The Bertz CT molecular complexity index is 1080. The van der Waals surface area contributed by atoms with E-state index in [9.17, 15) is 0 Å². The van der Waals surface area contributed by atoms with Crippen LogP contribution in [0.25, 0.3) is 11.0 Å². The highest BCUT2D eigenvalue weighted by Gasteiger charge is 2.22. The van der Waals surface area contributed by atoms with Gasteiger partial charge in [-0.15, -0.1) is 0 Å². The van der Waals surface area contributed by atoms with Crippen molar-refractivity contribution in [2.75, 3.05) is 44.6 Å². The number of nitrogens with zero attached hydrogens (tertiary/aromatic N) is 5. The molecule has 0 unspecified atom stereocenters. The zero-order valence-electron chi connectivity index (χ0n) is 19.4. The van der Waals surface area contributed by atoms with Crippen molar-refractivity contribution in [1.29, 1.82) is 5.26 Å². The van der Waals surface area contributed by atoms with Crippen molar-refractivity contribution >= 4 is 17.0 Å². The molecule has 2 saturated heterocycles. The Labute approximate surface area is 196 Å². The number of piperidine rings is 2. The van der Waals surface area contributed by atoms with Crippen LogP contribution in [0.5, 0.6) is 0 Å². The zero-order chi connectivity index (χ0) is 22.5. The van der Waals surface area contributed by atoms with Crippen LogP contribution in [-0.2, 0) is 6.54 Å². The number of likely N-dealkylation sites (tertiary alicyclic amines) is 2. The molecule has 33 heavy (non-hydrogen) atoms. The van der Waals surface area contributed by atoms with E-state index in [1.807, 2.05) is 30.3 Å². The van der Waals surface area contributed by atoms with Gasteiger partial charge in [-0.05, 0) is 68.6 Å². The summed E-state index contributed by atoms with van der Waals surface area (Å²) >= 11 is 0. The molecular weight excluding hydrogens is 408 g/mol. The number of hydrogen-bond acceptors (Lipinski definition) is 5. The molecule has 1 aromatic heterocycles. The van der Waals surface area contributed by atoms with Crippen molar-refractivity contribution in [2.45, 2.75) is 44.7 Å². The van der Waals surface area contributed by atoms with Gasteiger partial charge in [0.05, 0.1) is 29.2 Å². The standard InChI is InChI=1S/C27H34N6/c28-20-22-8-10-23(11-9-22)21-33-26-7-3-2-6-25(26)30-27(33)29-24-12-16-32(17-13-24)19-18-31-14-4-1-5-15-31/h2-3,6-11,24H,1,4-5,12-19,21H2,(H,29,30). The Balaban J connectivity index is 1.22. The maximum absolute atomic E-state index is 9.09. The van der Waals surface area contributed by atoms with Crippen molar-refractivity contribution in [3.63, 3.8) is 0 Å². The van der Waals surface area contributed by atoms with E-state index in [1.54, 1.807) is 0 Å². The molecule has 0 saturated carbocycles. The monoisotopic (exact) mass is 442 g/mol. The zero-order valence-corrected chi connectivity index (χ0v) is 19.4. The Morgan fingerprint density at radius 2 is 1.58 bits per heavy atom. The molecule has 2 aliphatic heterocycles. The minimum atomic E-state index is 0.452. The van der Waals surface area contributed by atoms with E-state index >= 15 is 0 Å². The average Bonchev–Trinajstić information content (AvgIpc) is 3.21. The van der Waals surface area contributed by atoms with Crippen molar-refractivity contribution in [3.05, 3.63) is 59.7 Å².